The van der Waals surface area contributed by atoms with Crippen LogP contribution in [-0.2, 0) is 16.0 Å². The molecule has 2 N–H and O–H groups in total. The standard InChI is InChI=1S/C21H29N5O2S/c1-15(2)26(13-10-19(27)25-11-8-17(9-12-25)20(22)28)21-23-18(24-29-21)14-16-6-4-3-5-7-16/h3-7,15,17H,8-14H2,1-2H3,(H2,22,28). The number of hydrogen-bond acceptors (Lipinski definition) is 6. The first-order valence-electron chi connectivity index (χ1n) is 10.1. The van der Waals surface area contributed by atoms with Crippen molar-refractivity contribution in [3.05, 3.63) is 41.7 Å². The van der Waals surface area contributed by atoms with Gasteiger partial charge in [-0.3, -0.25) is 9.59 Å². The van der Waals surface area contributed by atoms with Crippen LogP contribution in [0, 0.1) is 5.92 Å². The van der Waals surface area contributed by atoms with E-state index in [9.17, 15) is 9.59 Å². The van der Waals surface area contributed by atoms with Crippen LogP contribution in [0.4, 0.5) is 5.13 Å². The summed E-state index contributed by atoms with van der Waals surface area (Å²) in [5.41, 5.74) is 6.56. The van der Waals surface area contributed by atoms with Crippen molar-refractivity contribution in [1.29, 1.82) is 0 Å². The maximum atomic E-state index is 12.6. The van der Waals surface area contributed by atoms with Gasteiger partial charge in [0.2, 0.25) is 16.9 Å². The fourth-order valence-electron chi connectivity index (χ4n) is 3.57. The second-order valence-corrected chi connectivity index (χ2v) is 8.48. The number of benzene rings is 1. The number of carbonyl (C=O) groups is 2. The highest BCUT2D eigenvalue weighted by atomic mass is 32.1. The molecule has 0 atom stereocenters. The third-order valence-corrected chi connectivity index (χ3v) is 6.14. The van der Waals surface area contributed by atoms with Gasteiger partial charge in [-0.25, -0.2) is 4.98 Å². The molecule has 156 valence electrons. The molecule has 1 aromatic heterocycles. The molecule has 0 spiro atoms. The molecule has 2 heterocycles. The molecule has 0 bridgehead atoms. The van der Waals surface area contributed by atoms with Crippen molar-refractivity contribution in [2.45, 2.75) is 45.6 Å². The van der Waals surface area contributed by atoms with Crippen LogP contribution in [0.3, 0.4) is 0 Å². The van der Waals surface area contributed by atoms with Crippen LogP contribution in [0.2, 0.25) is 0 Å². The lowest BCUT2D eigenvalue weighted by molar-refractivity contribution is -0.134. The number of anilines is 1. The number of nitrogens with two attached hydrogens (primary N) is 1. The van der Waals surface area contributed by atoms with Crippen molar-refractivity contribution < 1.29 is 9.59 Å². The first-order chi connectivity index (χ1) is 13.9. The molecule has 8 heteroatoms. The van der Waals surface area contributed by atoms with Crippen molar-refractivity contribution in [2.75, 3.05) is 24.5 Å². The summed E-state index contributed by atoms with van der Waals surface area (Å²) >= 11 is 1.38. The molecular weight excluding hydrogens is 386 g/mol. The normalized spacial score (nSPS) is 14.9. The van der Waals surface area contributed by atoms with Crippen molar-refractivity contribution in [3.63, 3.8) is 0 Å². The second kappa shape index (κ2) is 9.82. The zero-order valence-electron chi connectivity index (χ0n) is 17.1. The van der Waals surface area contributed by atoms with E-state index in [1.165, 1.54) is 17.1 Å². The average molecular weight is 416 g/mol. The molecule has 1 aliphatic rings. The minimum Gasteiger partial charge on any atom is -0.369 e. The van der Waals surface area contributed by atoms with Gasteiger partial charge in [0.25, 0.3) is 0 Å². The summed E-state index contributed by atoms with van der Waals surface area (Å²) in [6, 6.07) is 10.4. The quantitative estimate of drug-likeness (QED) is 0.715. The monoisotopic (exact) mass is 415 g/mol. The summed E-state index contributed by atoms with van der Waals surface area (Å²) in [6.07, 6.45) is 2.45. The molecule has 0 radical (unpaired) electrons. The van der Waals surface area contributed by atoms with Gasteiger partial charge in [0.1, 0.15) is 5.82 Å². The Labute approximate surface area is 176 Å². The zero-order valence-corrected chi connectivity index (χ0v) is 17.9. The predicted octanol–water partition coefficient (Wildman–Crippen LogP) is 2.46. The predicted molar refractivity (Wildman–Crippen MR) is 115 cm³/mol. The van der Waals surface area contributed by atoms with E-state index in [1.807, 2.05) is 23.1 Å². The van der Waals surface area contributed by atoms with Gasteiger partial charge in [0.05, 0.1) is 0 Å². The third kappa shape index (κ3) is 5.76. The van der Waals surface area contributed by atoms with Crippen LogP contribution >= 0.6 is 11.5 Å². The summed E-state index contributed by atoms with van der Waals surface area (Å²) in [6.45, 7) is 6.01. The second-order valence-electron chi connectivity index (χ2n) is 7.75. The van der Waals surface area contributed by atoms with Crippen LogP contribution in [0.25, 0.3) is 0 Å². The molecule has 7 nitrogen and oxygen atoms in total. The van der Waals surface area contributed by atoms with Crippen molar-refractivity contribution >= 4 is 28.5 Å². The number of amides is 2. The minimum absolute atomic E-state index is 0.101. The maximum Gasteiger partial charge on any atom is 0.224 e. The molecule has 2 amide bonds. The Bertz CT molecular complexity index is 815. The molecule has 1 aromatic carbocycles. The Morgan fingerprint density at radius 3 is 2.55 bits per heavy atom. The Morgan fingerprint density at radius 1 is 1.24 bits per heavy atom. The van der Waals surface area contributed by atoms with E-state index in [0.29, 0.717) is 45.3 Å². The molecule has 0 unspecified atom stereocenters. The van der Waals surface area contributed by atoms with Gasteiger partial charge in [0.15, 0.2) is 0 Å². The number of carbonyl (C=O) groups excluding carboxylic acids is 2. The smallest absolute Gasteiger partial charge is 0.224 e. The summed E-state index contributed by atoms with van der Waals surface area (Å²) in [7, 11) is 0. The number of primary amides is 1. The van der Waals surface area contributed by atoms with Gasteiger partial charge in [0, 0.05) is 56.0 Å². The van der Waals surface area contributed by atoms with Crippen LogP contribution in [0.5, 0.6) is 0 Å². The summed E-state index contributed by atoms with van der Waals surface area (Å²) in [4.78, 5) is 32.6. The van der Waals surface area contributed by atoms with Gasteiger partial charge in [-0.05, 0) is 32.3 Å². The first kappa shape index (κ1) is 21.2. The lowest BCUT2D eigenvalue weighted by atomic mass is 9.96. The molecule has 0 aliphatic carbocycles. The van der Waals surface area contributed by atoms with Gasteiger partial charge in [-0.1, -0.05) is 30.3 Å². The van der Waals surface area contributed by atoms with Crippen molar-refractivity contribution in [1.82, 2.24) is 14.3 Å². The van der Waals surface area contributed by atoms with E-state index in [4.69, 9.17) is 10.7 Å². The van der Waals surface area contributed by atoms with Gasteiger partial charge < -0.3 is 15.5 Å². The Balaban J connectivity index is 1.55. The van der Waals surface area contributed by atoms with E-state index >= 15 is 0 Å². The fraction of sp³-hybridized carbons (Fsp3) is 0.524. The molecule has 29 heavy (non-hydrogen) atoms. The fourth-order valence-corrected chi connectivity index (χ4v) is 4.42. The average Bonchev–Trinajstić information content (AvgIpc) is 3.16. The van der Waals surface area contributed by atoms with Crippen LogP contribution < -0.4 is 10.6 Å². The van der Waals surface area contributed by atoms with E-state index in [-0.39, 0.29) is 23.8 Å². The summed E-state index contributed by atoms with van der Waals surface area (Å²) in [5, 5.41) is 0.853. The van der Waals surface area contributed by atoms with E-state index in [0.717, 1.165) is 11.0 Å². The number of hydrogen-bond donors (Lipinski definition) is 1. The van der Waals surface area contributed by atoms with Crippen molar-refractivity contribution in [3.8, 4) is 0 Å². The molecule has 3 rings (SSSR count). The lowest BCUT2D eigenvalue weighted by Crippen LogP contribution is -2.43. The molecule has 2 aromatic rings. The van der Waals surface area contributed by atoms with Gasteiger partial charge >= 0.3 is 0 Å². The number of rotatable bonds is 8. The van der Waals surface area contributed by atoms with E-state index in [2.05, 4.69) is 35.3 Å². The molecule has 1 aliphatic heterocycles. The highest BCUT2D eigenvalue weighted by molar-refractivity contribution is 7.09. The van der Waals surface area contributed by atoms with Crippen molar-refractivity contribution in [2.24, 2.45) is 11.7 Å². The van der Waals surface area contributed by atoms with Crippen LogP contribution in [0.1, 0.15) is 44.5 Å². The minimum atomic E-state index is -0.259. The highest BCUT2D eigenvalue weighted by Gasteiger charge is 2.26. The third-order valence-electron chi connectivity index (χ3n) is 5.35. The van der Waals surface area contributed by atoms with Crippen LogP contribution in [0.15, 0.2) is 30.3 Å². The number of aromatic nitrogens is 2. The van der Waals surface area contributed by atoms with E-state index < -0.39 is 0 Å². The first-order valence-corrected chi connectivity index (χ1v) is 10.9. The summed E-state index contributed by atoms with van der Waals surface area (Å²) in [5.74, 6) is 0.565. The summed E-state index contributed by atoms with van der Waals surface area (Å²) < 4.78 is 4.51. The Kier molecular flexibility index (Phi) is 7.19. The lowest BCUT2D eigenvalue weighted by Gasteiger charge is -2.32. The topological polar surface area (TPSA) is 92.4 Å². The maximum absolute atomic E-state index is 12.6. The Morgan fingerprint density at radius 2 is 1.93 bits per heavy atom. The van der Waals surface area contributed by atoms with Gasteiger partial charge in [-0.15, -0.1) is 0 Å². The number of likely N-dealkylation sites (tertiary alicyclic amines) is 1. The number of nitrogens with zero attached hydrogens (tertiary/aromatic N) is 4. The molecule has 1 fully saturated rings. The largest absolute Gasteiger partial charge is 0.369 e. The molecule has 0 saturated carbocycles. The van der Waals surface area contributed by atoms with Crippen LogP contribution in [-0.4, -0.2) is 51.7 Å². The molecule has 1 saturated heterocycles. The zero-order chi connectivity index (χ0) is 20.8. The SMILES string of the molecule is CC(C)N(CCC(=O)N1CCC(C(N)=O)CC1)c1nc(Cc2ccccc2)ns1. The van der Waals surface area contributed by atoms with Gasteiger partial charge in [-0.2, -0.15) is 4.37 Å². The Hall–Kier alpha value is -2.48. The number of piperidine rings is 1. The molecular formula is C21H29N5O2S. The van der Waals surface area contributed by atoms with E-state index in [1.54, 1.807) is 0 Å². The highest BCUT2D eigenvalue weighted by Crippen LogP contribution is 2.22.